The molecule has 0 fully saturated rings. The minimum Gasteiger partial charge on any atom is -0.462 e. The summed E-state index contributed by atoms with van der Waals surface area (Å²) < 4.78 is 16.9. The molecule has 0 radical (unpaired) electrons. The minimum atomic E-state index is -0.772. The molecule has 0 spiro atoms. The average molecular weight is 1120 g/mol. The summed E-state index contributed by atoms with van der Waals surface area (Å²) >= 11 is 0. The van der Waals surface area contributed by atoms with Gasteiger partial charge < -0.3 is 14.2 Å². The van der Waals surface area contributed by atoms with Crippen LogP contribution in [0, 0.1) is 0 Å². The highest BCUT2D eigenvalue weighted by molar-refractivity contribution is 5.71. The van der Waals surface area contributed by atoms with Crippen LogP contribution >= 0.6 is 0 Å². The molecule has 0 bridgehead atoms. The van der Waals surface area contributed by atoms with Gasteiger partial charge in [0.15, 0.2) is 6.10 Å². The van der Waals surface area contributed by atoms with Crippen molar-refractivity contribution in [2.75, 3.05) is 13.2 Å². The van der Waals surface area contributed by atoms with Crippen molar-refractivity contribution in [1.82, 2.24) is 0 Å². The standard InChI is InChI=1S/C74H134O6/c1-4-7-10-13-16-19-21-23-25-27-29-31-33-35-37-39-40-42-44-46-48-50-52-55-58-61-64-67-73(76)79-70-71(69-78-72(75)66-63-60-57-54-18-15-12-9-6-3)80-74(77)68-65-62-59-56-53-51-49-47-45-43-41-38-36-34-32-30-28-26-24-22-20-17-14-11-8-5-2/h7,10,16,19,23,25,29,31,35,37,71H,4-6,8-9,11-15,17-18,20-22,24,26-28,30,32-34,36,38-70H2,1-3H3/b10-7-,19-16-,25-23-,31-29-,37-35-. The Kier molecular flexibility index (Phi) is 66.1. The molecule has 0 saturated heterocycles. The molecule has 0 saturated carbocycles. The van der Waals surface area contributed by atoms with E-state index < -0.39 is 6.10 Å². The van der Waals surface area contributed by atoms with Gasteiger partial charge in [0, 0.05) is 19.3 Å². The highest BCUT2D eigenvalue weighted by Gasteiger charge is 2.19. The van der Waals surface area contributed by atoms with Gasteiger partial charge in [-0.3, -0.25) is 14.4 Å². The Balaban J connectivity index is 4.13. The molecule has 0 rings (SSSR count). The molecule has 6 heteroatoms. The van der Waals surface area contributed by atoms with Gasteiger partial charge in [-0.05, 0) is 64.2 Å². The van der Waals surface area contributed by atoms with E-state index in [0.29, 0.717) is 19.3 Å². The molecule has 0 aliphatic carbocycles. The molecule has 0 aromatic heterocycles. The second-order valence-corrected chi connectivity index (χ2v) is 23.8. The fraction of sp³-hybridized carbons (Fsp3) is 0.824. The Hall–Kier alpha value is -2.89. The summed E-state index contributed by atoms with van der Waals surface area (Å²) in [5.41, 5.74) is 0. The fourth-order valence-electron chi connectivity index (χ4n) is 10.5. The monoisotopic (exact) mass is 1120 g/mol. The molecule has 0 amide bonds. The summed E-state index contributed by atoms with van der Waals surface area (Å²) in [6.45, 7) is 6.57. The summed E-state index contributed by atoms with van der Waals surface area (Å²) in [7, 11) is 0. The van der Waals surface area contributed by atoms with Gasteiger partial charge in [-0.2, -0.15) is 0 Å². The first kappa shape index (κ1) is 77.1. The van der Waals surface area contributed by atoms with Gasteiger partial charge >= 0.3 is 17.9 Å². The highest BCUT2D eigenvalue weighted by atomic mass is 16.6. The van der Waals surface area contributed by atoms with Gasteiger partial charge in [0.05, 0.1) is 0 Å². The van der Waals surface area contributed by atoms with E-state index in [2.05, 4.69) is 81.5 Å². The fourth-order valence-corrected chi connectivity index (χ4v) is 10.5. The maximum atomic E-state index is 12.9. The van der Waals surface area contributed by atoms with Crippen molar-refractivity contribution < 1.29 is 28.6 Å². The van der Waals surface area contributed by atoms with Crippen LogP contribution in [-0.2, 0) is 28.6 Å². The van der Waals surface area contributed by atoms with Gasteiger partial charge in [0.25, 0.3) is 0 Å². The SMILES string of the molecule is CC/C=C\C/C=C\C/C=C\C/C=C\C/C=C\CCCCCCCCCCCCCC(=O)OCC(COC(=O)CCCCCCCCCCC)OC(=O)CCCCCCCCCCCCCCCCCCCCCCCCCCCC. The molecule has 0 aliphatic heterocycles. The van der Waals surface area contributed by atoms with E-state index in [9.17, 15) is 14.4 Å². The van der Waals surface area contributed by atoms with Crippen LogP contribution in [0.15, 0.2) is 60.8 Å². The van der Waals surface area contributed by atoms with Crippen LogP contribution in [0.2, 0.25) is 0 Å². The maximum Gasteiger partial charge on any atom is 0.306 e. The van der Waals surface area contributed by atoms with E-state index in [-0.39, 0.29) is 31.1 Å². The predicted octanol–water partition coefficient (Wildman–Crippen LogP) is 24.3. The molecule has 0 aromatic rings. The van der Waals surface area contributed by atoms with Crippen LogP contribution in [0.25, 0.3) is 0 Å². The zero-order valence-corrected chi connectivity index (χ0v) is 53.6. The lowest BCUT2D eigenvalue weighted by Gasteiger charge is -2.18. The lowest BCUT2D eigenvalue weighted by atomic mass is 10.0. The van der Waals surface area contributed by atoms with Crippen molar-refractivity contribution in [1.29, 1.82) is 0 Å². The maximum absolute atomic E-state index is 12.9. The zero-order chi connectivity index (χ0) is 57.8. The second-order valence-electron chi connectivity index (χ2n) is 23.8. The van der Waals surface area contributed by atoms with Crippen molar-refractivity contribution in [3.8, 4) is 0 Å². The van der Waals surface area contributed by atoms with Crippen LogP contribution in [0.4, 0.5) is 0 Å². The lowest BCUT2D eigenvalue weighted by molar-refractivity contribution is -0.167. The third-order valence-corrected chi connectivity index (χ3v) is 15.8. The van der Waals surface area contributed by atoms with Gasteiger partial charge in [-0.15, -0.1) is 0 Å². The molecular formula is C74H134O6. The van der Waals surface area contributed by atoms with Crippen molar-refractivity contribution in [2.45, 2.75) is 380 Å². The second kappa shape index (κ2) is 68.6. The molecule has 0 heterocycles. The van der Waals surface area contributed by atoms with E-state index in [4.69, 9.17) is 14.2 Å². The third-order valence-electron chi connectivity index (χ3n) is 15.8. The third kappa shape index (κ3) is 65.9. The molecule has 1 unspecified atom stereocenters. The largest absolute Gasteiger partial charge is 0.462 e. The molecular weight excluding hydrogens is 985 g/mol. The quantitative estimate of drug-likeness (QED) is 0.0261. The van der Waals surface area contributed by atoms with Crippen LogP contribution in [0.5, 0.6) is 0 Å². The van der Waals surface area contributed by atoms with Crippen molar-refractivity contribution in [3.05, 3.63) is 60.8 Å². The lowest BCUT2D eigenvalue weighted by Crippen LogP contribution is -2.30. The van der Waals surface area contributed by atoms with E-state index in [1.807, 2.05) is 0 Å². The van der Waals surface area contributed by atoms with Crippen LogP contribution in [0.1, 0.15) is 374 Å². The Morgan fingerprint density at radius 3 is 0.762 bits per heavy atom. The predicted molar refractivity (Wildman–Crippen MR) is 348 cm³/mol. The molecule has 466 valence electrons. The molecule has 0 N–H and O–H groups in total. The number of hydrogen-bond acceptors (Lipinski definition) is 6. The first-order chi connectivity index (χ1) is 39.5. The summed E-state index contributed by atoms with van der Waals surface area (Å²) in [6.07, 6.45) is 88.4. The molecule has 1 atom stereocenters. The van der Waals surface area contributed by atoms with Gasteiger partial charge in [0.1, 0.15) is 13.2 Å². The number of hydrogen-bond donors (Lipinski definition) is 0. The average Bonchev–Trinajstić information content (AvgIpc) is 3.46. The minimum absolute atomic E-state index is 0.0696. The van der Waals surface area contributed by atoms with E-state index in [0.717, 1.165) is 89.9 Å². The molecule has 0 aliphatic rings. The van der Waals surface area contributed by atoms with Gasteiger partial charge in [-0.25, -0.2) is 0 Å². The van der Waals surface area contributed by atoms with Gasteiger partial charge in [0.2, 0.25) is 0 Å². The van der Waals surface area contributed by atoms with E-state index >= 15 is 0 Å². The van der Waals surface area contributed by atoms with Crippen molar-refractivity contribution in [2.24, 2.45) is 0 Å². The van der Waals surface area contributed by atoms with E-state index in [1.54, 1.807) is 0 Å². The summed E-state index contributed by atoms with van der Waals surface area (Å²) in [5, 5.41) is 0. The van der Waals surface area contributed by atoms with Crippen molar-refractivity contribution in [3.63, 3.8) is 0 Å². The topological polar surface area (TPSA) is 78.9 Å². The smallest absolute Gasteiger partial charge is 0.306 e. The number of carbonyl (C=O) groups excluding carboxylic acids is 3. The van der Waals surface area contributed by atoms with E-state index in [1.165, 1.54) is 244 Å². The highest BCUT2D eigenvalue weighted by Crippen LogP contribution is 2.18. The Labute approximate surface area is 498 Å². The number of allylic oxidation sites excluding steroid dienone is 10. The normalized spacial score (nSPS) is 12.4. The summed E-state index contributed by atoms with van der Waals surface area (Å²) in [4.78, 5) is 38.3. The Bertz CT molecular complexity index is 1430. The number of esters is 3. The first-order valence-corrected chi connectivity index (χ1v) is 35.3. The first-order valence-electron chi connectivity index (χ1n) is 35.3. The summed E-state index contributed by atoms with van der Waals surface area (Å²) in [5.74, 6) is -0.852. The molecule has 6 nitrogen and oxygen atoms in total. The number of carbonyl (C=O) groups is 3. The number of unbranched alkanes of at least 4 members (excludes halogenated alkanes) is 44. The van der Waals surface area contributed by atoms with Crippen LogP contribution in [0.3, 0.4) is 0 Å². The zero-order valence-electron chi connectivity index (χ0n) is 53.6. The van der Waals surface area contributed by atoms with Crippen LogP contribution < -0.4 is 0 Å². The van der Waals surface area contributed by atoms with Crippen LogP contribution in [-0.4, -0.2) is 37.2 Å². The Morgan fingerprint density at radius 2 is 0.487 bits per heavy atom. The number of rotatable bonds is 65. The van der Waals surface area contributed by atoms with Crippen molar-refractivity contribution >= 4 is 17.9 Å². The Morgan fingerprint density at radius 1 is 0.263 bits per heavy atom. The molecule has 80 heavy (non-hydrogen) atoms. The number of ether oxygens (including phenoxy) is 3. The molecule has 0 aromatic carbocycles. The summed E-state index contributed by atoms with van der Waals surface area (Å²) in [6, 6.07) is 0. The van der Waals surface area contributed by atoms with Gasteiger partial charge in [-0.1, -0.05) is 351 Å².